The summed E-state index contributed by atoms with van der Waals surface area (Å²) in [6, 6.07) is 5.59. The summed E-state index contributed by atoms with van der Waals surface area (Å²) in [7, 11) is 1.68. The number of rotatable bonds is 2. The van der Waals surface area contributed by atoms with E-state index in [4.69, 9.17) is 4.74 Å². The lowest BCUT2D eigenvalue weighted by Crippen LogP contribution is -2.54. The molecule has 1 aliphatic carbocycles. The number of carbonyl (C=O) groups is 1. The zero-order chi connectivity index (χ0) is 16.8. The van der Waals surface area contributed by atoms with Crippen LogP contribution in [0.1, 0.15) is 42.4 Å². The van der Waals surface area contributed by atoms with Crippen molar-refractivity contribution in [3.05, 3.63) is 34.9 Å². The number of hydrogen-bond donors (Lipinski definition) is 3. The topological polar surface area (TPSA) is 78.8 Å². The second kappa shape index (κ2) is 5.58. The Morgan fingerprint density at radius 3 is 2.52 bits per heavy atom. The fourth-order valence-corrected chi connectivity index (χ4v) is 4.07. The maximum absolute atomic E-state index is 12.6. The molecule has 1 amide bonds. The minimum atomic E-state index is -1.89. The molecule has 0 bridgehead atoms. The van der Waals surface area contributed by atoms with Gasteiger partial charge in [0.05, 0.1) is 11.6 Å². The number of carbonyl (C=O) groups excluding carboxylic acids is 1. The van der Waals surface area contributed by atoms with Crippen molar-refractivity contribution >= 4 is 5.91 Å². The van der Waals surface area contributed by atoms with Crippen LogP contribution >= 0.6 is 0 Å². The molecule has 0 radical (unpaired) electrons. The van der Waals surface area contributed by atoms with Gasteiger partial charge >= 0.3 is 0 Å². The molecule has 1 aromatic rings. The first kappa shape index (κ1) is 16.4. The van der Waals surface area contributed by atoms with Crippen molar-refractivity contribution in [2.24, 2.45) is 0 Å². The highest BCUT2D eigenvalue weighted by Crippen LogP contribution is 2.45. The Morgan fingerprint density at radius 1 is 1.26 bits per heavy atom. The van der Waals surface area contributed by atoms with E-state index < -0.39 is 23.2 Å². The van der Waals surface area contributed by atoms with E-state index in [0.29, 0.717) is 18.4 Å². The number of aliphatic hydroxyl groups excluding tert-OH is 1. The van der Waals surface area contributed by atoms with Crippen molar-refractivity contribution < 1.29 is 19.7 Å². The van der Waals surface area contributed by atoms with Crippen molar-refractivity contribution in [2.45, 2.75) is 62.9 Å². The molecule has 2 aliphatic rings. The molecular weight excluding hydrogens is 294 g/mol. The van der Waals surface area contributed by atoms with Gasteiger partial charge in [0.1, 0.15) is 6.10 Å². The van der Waals surface area contributed by atoms with Crippen LogP contribution in [0.5, 0.6) is 0 Å². The van der Waals surface area contributed by atoms with Crippen molar-refractivity contribution in [2.75, 3.05) is 7.11 Å². The first-order valence-corrected chi connectivity index (χ1v) is 8.17. The number of benzene rings is 1. The molecule has 5 nitrogen and oxygen atoms in total. The lowest BCUT2D eigenvalue weighted by molar-refractivity contribution is -0.145. The average Bonchev–Trinajstić information content (AvgIpc) is 2.73. The van der Waals surface area contributed by atoms with Gasteiger partial charge in [-0.2, -0.15) is 0 Å². The van der Waals surface area contributed by atoms with E-state index in [1.165, 1.54) is 0 Å². The number of aliphatic hydroxyl groups is 2. The summed E-state index contributed by atoms with van der Waals surface area (Å²) in [5, 5.41) is 25.0. The summed E-state index contributed by atoms with van der Waals surface area (Å²) in [6.07, 6.45) is 1.71. The van der Waals surface area contributed by atoms with Crippen LogP contribution in [0.15, 0.2) is 18.2 Å². The summed E-state index contributed by atoms with van der Waals surface area (Å²) in [5.74, 6) is -0.505. The second-order valence-corrected chi connectivity index (χ2v) is 7.03. The summed E-state index contributed by atoms with van der Waals surface area (Å²) in [4.78, 5) is 12.6. The van der Waals surface area contributed by atoms with E-state index in [2.05, 4.69) is 5.32 Å². The highest BCUT2D eigenvalue weighted by molar-refractivity contribution is 5.91. The SMILES string of the molecule is COC1CCC2(CC1)NC(=O)C(O)(c1cc(C)ccc1C)C2O. The molecule has 23 heavy (non-hydrogen) atoms. The molecule has 2 atom stereocenters. The molecule has 2 fully saturated rings. The largest absolute Gasteiger partial charge is 0.387 e. The summed E-state index contributed by atoms with van der Waals surface area (Å²) >= 11 is 0. The zero-order valence-electron chi connectivity index (χ0n) is 13.9. The highest BCUT2D eigenvalue weighted by atomic mass is 16.5. The Kier molecular flexibility index (Phi) is 3.99. The third kappa shape index (κ3) is 2.38. The first-order valence-electron chi connectivity index (χ1n) is 8.17. The zero-order valence-corrected chi connectivity index (χ0v) is 13.9. The van der Waals surface area contributed by atoms with Gasteiger partial charge in [0.2, 0.25) is 0 Å². The van der Waals surface area contributed by atoms with Crippen LogP contribution in [0, 0.1) is 13.8 Å². The molecule has 3 rings (SSSR count). The molecule has 126 valence electrons. The Balaban J connectivity index is 1.98. The molecule has 2 unspecified atom stereocenters. The third-order valence-electron chi connectivity index (χ3n) is 5.59. The van der Waals surface area contributed by atoms with Gasteiger partial charge in [-0.1, -0.05) is 23.8 Å². The van der Waals surface area contributed by atoms with E-state index in [1.807, 2.05) is 26.0 Å². The Labute approximate surface area is 136 Å². The van der Waals surface area contributed by atoms with Gasteiger partial charge in [0.15, 0.2) is 5.60 Å². The van der Waals surface area contributed by atoms with Crippen LogP contribution in [0.4, 0.5) is 0 Å². The van der Waals surface area contributed by atoms with Crippen molar-refractivity contribution in [3.63, 3.8) is 0 Å². The first-order chi connectivity index (χ1) is 10.8. The fourth-order valence-electron chi connectivity index (χ4n) is 4.07. The molecule has 1 aromatic carbocycles. The van der Waals surface area contributed by atoms with Gasteiger partial charge in [-0.25, -0.2) is 0 Å². The predicted octanol–water partition coefficient (Wildman–Crippen LogP) is 1.31. The Morgan fingerprint density at radius 2 is 1.91 bits per heavy atom. The van der Waals surface area contributed by atoms with Crippen LogP contribution in [-0.2, 0) is 15.1 Å². The van der Waals surface area contributed by atoms with Crippen molar-refractivity contribution in [3.8, 4) is 0 Å². The van der Waals surface area contributed by atoms with E-state index in [1.54, 1.807) is 13.2 Å². The molecule has 1 spiro atoms. The van der Waals surface area contributed by atoms with Gasteiger partial charge in [0, 0.05) is 7.11 Å². The van der Waals surface area contributed by atoms with Crippen LogP contribution < -0.4 is 5.32 Å². The lowest BCUT2D eigenvalue weighted by Gasteiger charge is -2.40. The van der Waals surface area contributed by atoms with E-state index in [-0.39, 0.29) is 6.10 Å². The molecular formula is C18H25NO4. The highest BCUT2D eigenvalue weighted by Gasteiger charge is 2.63. The van der Waals surface area contributed by atoms with Crippen LogP contribution in [-0.4, -0.2) is 41.0 Å². The molecule has 1 heterocycles. The van der Waals surface area contributed by atoms with Gasteiger partial charge in [-0.15, -0.1) is 0 Å². The number of aryl methyl sites for hydroxylation is 2. The van der Waals surface area contributed by atoms with Crippen LogP contribution in [0.2, 0.25) is 0 Å². The van der Waals surface area contributed by atoms with Crippen molar-refractivity contribution in [1.29, 1.82) is 0 Å². The Hall–Kier alpha value is -1.43. The number of amides is 1. The quantitative estimate of drug-likeness (QED) is 0.768. The molecule has 5 heteroatoms. The lowest BCUT2D eigenvalue weighted by atomic mass is 9.72. The number of hydrogen-bond acceptors (Lipinski definition) is 4. The van der Waals surface area contributed by atoms with Crippen LogP contribution in [0.3, 0.4) is 0 Å². The molecule has 0 aromatic heterocycles. The second-order valence-electron chi connectivity index (χ2n) is 7.03. The standard InChI is InChI=1S/C18H25NO4/c1-11-4-5-12(2)14(10-11)18(22)15(20)17(19-16(18)21)8-6-13(23-3)7-9-17/h4-5,10,13,15,20,22H,6-9H2,1-3H3,(H,19,21). The minimum Gasteiger partial charge on any atom is -0.387 e. The monoisotopic (exact) mass is 319 g/mol. The molecule has 1 saturated heterocycles. The van der Waals surface area contributed by atoms with Gasteiger partial charge < -0.3 is 20.3 Å². The average molecular weight is 319 g/mol. The van der Waals surface area contributed by atoms with Gasteiger partial charge in [0.25, 0.3) is 5.91 Å². The Bertz CT molecular complexity index is 621. The number of methoxy groups -OCH3 is 1. The normalized spacial score (nSPS) is 37.2. The summed E-state index contributed by atoms with van der Waals surface area (Å²) in [6.45, 7) is 3.75. The third-order valence-corrected chi connectivity index (χ3v) is 5.59. The number of ether oxygens (including phenoxy) is 1. The van der Waals surface area contributed by atoms with Crippen LogP contribution in [0.25, 0.3) is 0 Å². The molecule has 1 aliphatic heterocycles. The van der Waals surface area contributed by atoms with E-state index >= 15 is 0 Å². The molecule has 1 saturated carbocycles. The smallest absolute Gasteiger partial charge is 0.260 e. The maximum Gasteiger partial charge on any atom is 0.260 e. The van der Waals surface area contributed by atoms with E-state index in [9.17, 15) is 15.0 Å². The van der Waals surface area contributed by atoms with E-state index in [0.717, 1.165) is 24.0 Å². The molecule has 3 N–H and O–H groups in total. The number of nitrogens with one attached hydrogen (secondary N) is 1. The summed E-state index contributed by atoms with van der Waals surface area (Å²) in [5.41, 5.74) is -0.418. The van der Waals surface area contributed by atoms with Gasteiger partial charge in [-0.05, 0) is 50.7 Å². The minimum absolute atomic E-state index is 0.152. The maximum atomic E-state index is 12.6. The van der Waals surface area contributed by atoms with Crippen molar-refractivity contribution in [1.82, 2.24) is 5.32 Å². The fraction of sp³-hybridized carbons (Fsp3) is 0.611. The van der Waals surface area contributed by atoms with Gasteiger partial charge in [-0.3, -0.25) is 4.79 Å². The summed E-state index contributed by atoms with van der Waals surface area (Å²) < 4.78 is 5.37. The predicted molar refractivity (Wildman–Crippen MR) is 86.0 cm³/mol.